The SMILES string of the molecule is CS(=O)(=O)CCOCCc1ccccc1N. The van der Waals surface area contributed by atoms with Gasteiger partial charge in [-0.2, -0.15) is 0 Å². The van der Waals surface area contributed by atoms with E-state index in [0.29, 0.717) is 13.0 Å². The number of hydrogen-bond donors (Lipinski definition) is 1. The van der Waals surface area contributed by atoms with Crippen LogP contribution < -0.4 is 5.73 Å². The van der Waals surface area contributed by atoms with Gasteiger partial charge in [-0.05, 0) is 18.1 Å². The summed E-state index contributed by atoms with van der Waals surface area (Å²) in [7, 11) is -2.93. The minimum absolute atomic E-state index is 0.0667. The van der Waals surface area contributed by atoms with Crippen molar-refractivity contribution >= 4 is 15.5 Å². The highest BCUT2D eigenvalue weighted by atomic mass is 32.2. The minimum atomic E-state index is -2.93. The van der Waals surface area contributed by atoms with Crippen LogP contribution in [0.2, 0.25) is 0 Å². The van der Waals surface area contributed by atoms with Crippen LogP contribution in [0.5, 0.6) is 0 Å². The number of para-hydroxylation sites is 1. The molecule has 0 radical (unpaired) electrons. The fraction of sp³-hybridized carbons (Fsp3) is 0.455. The molecule has 0 fully saturated rings. The van der Waals surface area contributed by atoms with Crippen LogP contribution >= 0.6 is 0 Å². The van der Waals surface area contributed by atoms with Gasteiger partial charge in [0.15, 0.2) is 0 Å². The molecule has 0 amide bonds. The van der Waals surface area contributed by atoms with E-state index in [9.17, 15) is 8.42 Å². The molecule has 1 aromatic carbocycles. The molecule has 0 spiro atoms. The smallest absolute Gasteiger partial charge is 0.149 e. The molecule has 0 aliphatic rings. The number of anilines is 1. The summed E-state index contributed by atoms with van der Waals surface area (Å²) < 4.78 is 26.9. The first-order valence-electron chi connectivity index (χ1n) is 5.08. The number of rotatable bonds is 6. The van der Waals surface area contributed by atoms with Crippen molar-refractivity contribution in [2.24, 2.45) is 0 Å². The Morgan fingerprint density at radius 3 is 2.56 bits per heavy atom. The van der Waals surface area contributed by atoms with E-state index in [1.807, 2.05) is 24.3 Å². The zero-order valence-electron chi connectivity index (χ0n) is 9.35. The van der Waals surface area contributed by atoms with E-state index in [4.69, 9.17) is 10.5 Å². The maximum atomic E-state index is 10.8. The van der Waals surface area contributed by atoms with Gasteiger partial charge in [0.2, 0.25) is 0 Å². The van der Waals surface area contributed by atoms with Gasteiger partial charge in [0.1, 0.15) is 9.84 Å². The monoisotopic (exact) mass is 243 g/mol. The molecule has 0 heterocycles. The number of ether oxygens (including phenoxy) is 1. The molecule has 16 heavy (non-hydrogen) atoms. The third kappa shape index (κ3) is 5.14. The van der Waals surface area contributed by atoms with Gasteiger partial charge >= 0.3 is 0 Å². The highest BCUT2D eigenvalue weighted by Crippen LogP contribution is 2.10. The molecule has 0 aliphatic carbocycles. The molecule has 5 heteroatoms. The lowest BCUT2D eigenvalue weighted by Gasteiger charge is -2.06. The summed E-state index contributed by atoms with van der Waals surface area (Å²) in [5.41, 5.74) is 7.53. The van der Waals surface area contributed by atoms with Gasteiger partial charge in [0.25, 0.3) is 0 Å². The summed E-state index contributed by atoms with van der Waals surface area (Å²) in [5, 5.41) is 0. The Morgan fingerprint density at radius 1 is 1.25 bits per heavy atom. The standard InChI is InChI=1S/C11H17NO3S/c1-16(13,14)9-8-15-7-6-10-4-2-3-5-11(10)12/h2-5H,6-9,12H2,1H3. The molecule has 90 valence electrons. The number of hydrogen-bond acceptors (Lipinski definition) is 4. The van der Waals surface area contributed by atoms with Crippen molar-refractivity contribution in [3.8, 4) is 0 Å². The van der Waals surface area contributed by atoms with Crippen LogP contribution in [0, 0.1) is 0 Å². The highest BCUT2D eigenvalue weighted by molar-refractivity contribution is 7.90. The summed E-state index contributed by atoms with van der Waals surface area (Å²) in [6.45, 7) is 0.731. The van der Waals surface area contributed by atoms with Gasteiger partial charge in [0.05, 0.1) is 19.0 Å². The second-order valence-electron chi connectivity index (χ2n) is 3.69. The van der Waals surface area contributed by atoms with E-state index in [0.717, 1.165) is 11.3 Å². The lowest BCUT2D eigenvalue weighted by molar-refractivity contribution is 0.152. The quantitative estimate of drug-likeness (QED) is 0.594. The minimum Gasteiger partial charge on any atom is -0.399 e. The van der Waals surface area contributed by atoms with Crippen molar-refractivity contribution in [1.29, 1.82) is 0 Å². The van der Waals surface area contributed by atoms with Gasteiger partial charge in [0, 0.05) is 11.9 Å². The molecule has 0 saturated carbocycles. The van der Waals surface area contributed by atoms with E-state index >= 15 is 0 Å². The molecule has 1 rings (SSSR count). The largest absolute Gasteiger partial charge is 0.399 e. The molecule has 0 aromatic heterocycles. The molecule has 2 N–H and O–H groups in total. The predicted octanol–water partition coefficient (Wildman–Crippen LogP) is 0.872. The summed E-state index contributed by atoms with van der Waals surface area (Å²) in [5.74, 6) is 0.0667. The topological polar surface area (TPSA) is 69.4 Å². The molecular weight excluding hydrogens is 226 g/mol. The number of nitrogen functional groups attached to an aromatic ring is 1. The third-order valence-electron chi connectivity index (χ3n) is 2.17. The normalized spacial score (nSPS) is 11.6. The summed E-state index contributed by atoms with van der Waals surface area (Å²) in [6, 6.07) is 7.58. The van der Waals surface area contributed by atoms with Crippen molar-refractivity contribution in [2.45, 2.75) is 6.42 Å². The average molecular weight is 243 g/mol. The van der Waals surface area contributed by atoms with Crippen molar-refractivity contribution < 1.29 is 13.2 Å². The summed E-state index contributed by atoms with van der Waals surface area (Å²) in [4.78, 5) is 0. The Labute approximate surface area is 96.3 Å². The molecular formula is C11H17NO3S. The van der Waals surface area contributed by atoms with Crippen LogP contribution in [-0.4, -0.2) is 33.6 Å². The Hall–Kier alpha value is -1.07. The molecule has 0 saturated heterocycles. The molecule has 4 nitrogen and oxygen atoms in total. The Bertz CT molecular complexity index is 429. The molecule has 0 unspecified atom stereocenters. The van der Waals surface area contributed by atoms with Crippen LogP contribution in [0.3, 0.4) is 0 Å². The Morgan fingerprint density at radius 2 is 1.94 bits per heavy atom. The van der Waals surface area contributed by atoms with E-state index in [2.05, 4.69) is 0 Å². The maximum Gasteiger partial charge on any atom is 0.149 e. The zero-order valence-corrected chi connectivity index (χ0v) is 10.2. The van der Waals surface area contributed by atoms with Crippen molar-refractivity contribution in [1.82, 2.24) is 0 Å². The predicted molar refractivity (Wildman–Crippen MR) is 65.1 cm³/mol. The van der Waals surface area contributed by atoms with Crippen LogP contribution in [0.4, 0.5) is 5.69 Å². The fourth-order valence-corrected chi connectivity index (χ4v) is 1.68. The molecule has 0 aliphatic heterocycles. The first-order valence-corrected chi connectivity index (χ1v) is 7.14. The van der Waals surface area contributed by atoms with Crippen LogP contribution in [-0.2, 0) is 21.0 Å². The summed E-state index contributed by atoms with van der Waals surface area (Å²) >= 11 is 0. The van der Waals surface area contributed by atoms with Crippen molar-refractivity contribution in [3.63, 3.8) is 0 Å². The van der Waals surface area contributed by atoms with Crippen molar-refractivity contribution in [3.05, 3.63) is 29.8 Å². The Kier molecular flexibility index (Phi) is 4.76. The summed E-state index contributed by atoms with van der Waals surface area (Å²) in [6.07, 6.45) is 1.90. The van der Waals surface area contributed by atoms with E-state index in [1.54, 1.807) is 0 Å². The zero-order chi connectivity index (χ0) is 12.0. The highest BCUT2D eigenvalue weighted by Gasteiger charge is 2.02. The second kappa shape index (κ2) is 5.86. The maximum absolute atomic E-state index is 10.8. The van der Waals surface area contributed by atoms with Crippen molar-refractivity contribution in [2.75, 3.05) is 31.0 Å². The van der Waals surface area contributed by atoms with Crippen LogP contribution in [0.25, 0.3) is 0 Å². The van der Waals surface area contributed by atoms with Gasteiger partial charge in [-0.3, -0.25) is 0 Å². The molecule has 0 atom stereocenters. The van der Waals surface area contributed by atoms with E-state index in [1.165, 1.54) is 6.26 Å². The third-order valence-corrected chi connectivity index (χ3v) is 3.08. The van der Waals surface area contributed by atoms with Crippen LogP contribution in [0.1, 0.15) is 5.56 Å². The fourth-order valence-electron chi connectivity index (χ4n) is 1.26. The Balaban J connectivity index is 2.24. The first-order chi connectivity index (χ1) is 7.49. The van der Waals surface area contributed by atoms with E-state index < -0.39 is 9.84 Å². The average Bonchev–Trinajstić information content (AvgIpc) is 2.18. The number of nitrogens with two attached hydrogens (primary N) is 1. The van der Waals surface area contributed by atoms with Crippen LogP contribution in [0.15, 0.2) is 24.3 Å². The lowest BCUT2D eigenvalue weighted by Crippen LogP contribution is -2.11. The van der Waals surface area contributed by atoms with Gasteiger partial charge in [-0.15, -0.1) is 0 Å². The molecule has 0 bridgehead atoms. The van der Waals surface area contributed by atoms with E-state index in [-0.39, 0.29) is 12.4 Å². The molecule has 1 aromatic rings. The second-order valence-corrected chi connectivity index (χ2v) is 5.95. The van der Waals surface area contributed by atoms with Gasteiger partial charge < -0.3 is 10.5 Å². The van der Waals surface area contributed by atoms with Gasteiger partial charge in [-0.25, -0.2) is 8.42 Å². The number of sulfone groups is 1. The number of benzene rings is 1. The first kappa shape index (κ1) is 13.0. The lowest BCUT2D eigenvalue weighted by atomic mass is 10.1. The van der Waals surface area contributed by atoms with Gasteiger partial charge in [-0.1, -0.05) is 18.2 Å².